The van der Waals surface area contributed by atoms with Crippen molar-refractivity contribution >= 4 is 35.8 Å². The van der Waals surface area contributed by atoms with E-state index in [1.807, 2.05) is 6.33 Å². The normalized spacial score (nSPS) is 21.2. The summed E-state index contributed by atoms with van der Waals surface area (Å²) in [7, 11) is 0. The first-order chi connectivity index (χ1) is 10.2. The fourth-order valence-corrected chi connectivity index (χ4v) is 2.93. The molecule has 3 rings (SSSR count). The van der Waals surface area contributed by atoms with Crippen molar-refractivity contribution in [2.24, 2.45) is 0 Å². The van der Waals surface area contributed by atoms with Crippen molar-refractivity contribution in [3.05, 3.63) is 41.7 Å². The minimum absolute atomic E-state index is 0. The van der Waals surface area contributed by atoms with E-state index < -0.39 is 0 Å². The van der Waals surface area contributed by atoms with Gasteiger partial charge in [-0.05, 0) is 50.4 Å². The number of aryl methyl sites for hydroxylation is 2. The number of aliphatic hydroxyl groups is 1. The zero-order valence-electron chi connectivity index (χ0n) is 13.5. The average molecular weight is 358 g/mol. The van der Waals surface area contributed by atoms with Gasteiger partial charge in [0.05, 0.1) is 29.5 Å². The first-order valence-corrected chi connectivity index (χ1v) is 7.66. The molecule has 1 aromatic heterocycles. The summed E-state index contributed by atoms with van der Waals surface area (Å²) in [5, 5.41) is 13.3. The summed E-state index contributed by atoms with van der Waals surface area (Å²) in [6, 6.07) is 4.36. The van der Waals surface area contributed by atoms with Crippen LogP contribution in [0.3, 0.4) is 0 Å². The van der Waals surface area contributed by atoms with E-state index in [1.165, 1.54) is 16.6 Å². The Bertz CT molecular complexity index is 669. The minimum atomic E-state index is -0.264. The van der Waals surface area contributed by atoms with E-state index in [0.29, 0.717) is 0 Å². The molecule has 1 saturated heterocycles. The van der Waals surface area contributed by atoms with Crippen molar-refractivity contribution in [2.75, 3.05) is 6.54 Å². The van der Waals surface area contributed by atoms with Gasteiger partial charge in [0.2, 0.25) is 0 Å². The van der Waals surface area contributed by atoms with Crippen LogP contribution in [0.2, 0.25) is 0 Å². The number of aliphatic hydroxyl groups excluding tert-OH is 1. The number of fused-ring (bicyclic) bond motifs is 1. The van der Waals surface area contributed by atoms with Gasteiger partial charge in [-0.2, -0.15) is 0 Å². The van der Waals surface area contributed by atoms with Gasteiger partial charge in [0.1, 0.15) is 0 Å². The molecule has 1 aliphatic rings. The van der Waals surface area contributed by atoms with Crippen LogP contribution in [0.5, 0.6) is 0 Å². The Kier molecular flexibility index (Phi) is 7.55. The van der Waals surface area contributed by atoms with Crippen molar-refractivity contribution in [1.82, 2.24) is 14.9 Å². The largest absolute Gasteiger partial charge is 0.391 e. The Morgan fingerprint density at radius 1 is 1.35 bits per heavy atom. The molecule has 0 bridgehead atoms. The van der Waals surface area contributed by atoms with E-state index >= 15 is 0 Å². The third-order valence-corrected chi connectivity index (χ3v) is 4.43. The van der Waals surface area contributed by atoms with E-state index in [2.05, 4.69) is 53.0 Å². The van der Waals surface area contributed by atoms with E-state index in [0.717, 1.165) is 31.4 Å². The number of hydrogen-bond donors (Lipinski definition) is 2. The van der Waals surface area contributed by atoms with Crippen LogP contribution in [0, 0.1) is 13.8 Å². The van der Waals surface area contributed by atoms with E-state index in [9.17, 15) is 5.11 Å². The van der Waals surface area contributed by atoms with Crippen LogP contribution in [0.15, 0.2) is 30.6 Å². The number of aromatic nitrogens is 2. The molecule has 2 N–H and O–H groups in total. The highest BCUT2D eigenvalue weighted by atomic mass is 35.5. The molecular formula is C17H25Cl2N3O. The second-order valence-corrected chi connectivity index (χ2v) is 5.89. The Hall–Kier alpha value is -1.07. The zero-order valence-corrected chi connectivity index (χ0v) is 15.2. The van der Waals surface area contributed by atoms with Crippen LogP contribution in [0.25, 0.3) is 11.0 Å². The number of imidazole rings is 1. The molecule has 0 spiro atoms. The first-order valence-electron chi connectivity index (χ1n) is 7.66. The van der Waals surface area contributed by atoms with Crippen LogP contribution >= 0.6 is 24.8 Å². The molecule has 1 aromatic carbocycles. The molecule has 1 fully saturated rings. The first kappa shape index (κ1) is 20.0. The fraction of sp³-hybridized carbons (Fsp3) is 0.471. The lowest BCUT2D eigenvalue weighted by Gasteiger charge is -2.26. The minimum Gasteiger partial charge on any atom is -0.391 e. The molecule has 2 atom stereocenters. The van der Waals surface area contributed by atoms with Crippen LogP contribution < -0.4 is 5.32 Å². The second kappa shape index (κ2) is 8.69. The predicted octanol–water partition coefficient (Wildman–Crippen LogP) is 3.17. The molecule has 0 amide bonds. The van der Waals surface area contributed by atoms with Gasteiger partial charge in [-0.3, -0.25) is 0 Å². The summed E-state index contributed by atoms with van der Waals surface area (Å²) in [5.41, 5.74) is 4.77. The molecule has 2 heterocycles. The lowest BCUT2D eigenvalue weighted by molar-refractivity contribution is 0.115. The lowest BCUT2D eigenvalue weighted by Crippen LogP contribution is -2.43. The molecule has 0 unspecified atom stereocenters. The van der Waals surface area contributed by atoms with E-state index in [4.69, 9.17) is 0 Å². The third kappa shape index (κ3) is 4.27. The highest BCUT2D eigenvalue weighted by Gasteiger charge is 2.19. The Morgan fingerprint density at radius 2 is 2.13 bits per heavy atom. The topological polar surface area (TPSA) is 50.1 Å². The number of rotatable bonds is 3. The summed E-state index contributed by atoms with van der Waals surface area (Å²) >= 11 is 0. The van der Waals surface area contributed by atoms with Gasteiger partial charge >= 0.3 is 0 Å². The maximum absolute atomic E-state index is 9.93. The van der Waals surface area contributed by atoms with Gasteiger partial charge in [-0.15, -0.1) is 24.8 Å². The molecule has 0 aliphatic carbocycles. The van der Waals surface area contributed by atoms with Crippen LogP contribution in [0.1, 0.15) is 24.0 Å². The molecule has 23 heavy (non-hydrogen) atoms. The summed E-state index contributed by atoms with van der Waals surface area (Å²) in [4.78, 5) is 4.52. The molecule has 0 saturated carbocycles. The molecule has 0 radical (unpaired) electrons. The van der Waals surface area contributed by atoms with Crippen LogP contribution in [-0.2, 0) is 6.54 Å². The third-order valence-electron chi connectivity index (χ3n) is 4.43. The lowest BCUT2D eigenvalue weighted by atomic mass is 10.0. The standard InChI is InChI=1S/C17H23N3O.2ClH/c1-12-7-8-15-17(13(12)2)19-11-20(15)10-4-5-14-16(21)6-3-9-18-14;;/h4-5,7-8,11,14,16,18,21H,3,6,9-10H2,1-2H3;2*1H/b5-4+;;/t14-,16+;;/m1../s1. The summed E-state index contributed by atoms with van der Waals surface area (Å²) in [6.45, 7) is 6.00. The molecule has 128 valence electrons. The van der Waals surface area contributed by atoms with Gasteiger partial charge in [0.15, 0.2) is 0 Å². The number of nitrogens with one attached hydrogen (secondary N) is 1. The Morgan fingerprint density at radius 3 is 2.87 bits per heavy atom. The van der Waals surface area contributed by atoms with Crippen molar-refractivity contribution in [2.45, 2.75) is 45.4 Å². The van der Waals surface area contributed by atoms with Gasteiger partial charge in [-0.25, -0.2) is 4.98 Å². The van der Waals surface area contributed by atoms with Gasteiger partial charge in [-0.1, -0.05) is 18.2 Å². The van der Waals surface area contributed by atoms with Gasteiger partial charge < -0.3 is 15.0 Å². The number of nitrogens with zero attached hydrogens (tertiary/aromatic N) is 2. The van der Waals surface area contributed by atoms with Crippen LogP contribution in [-0.4, -0.2) is 33.3 Å². The maximum Gasteiger partial charge on any atom is 0.0961 e. The van der Waals surface area contributed by atoms with Crippen molar-refractivity contribution in [3.8, 4) is 0 Å². The quantitative estimate of drug-likeness (QED) is 0.829. The van der Waals surface area contributed by atoms with Crippen molar-refractivity contribution in [1.29, 1.82) is 0 Å². The monoisotopic (exact) mass is 357 g/mol. The fourth-order valence-electron chi connectivity index (χ4n) is 2.93. The number of halogens is 2. The maximum atomic E-state index is 9.93. The van der Waals surface area contributed by atoms with Gasteiger partial charge in [0.25, 0.3) is 0 Å². The number of piperidine rings is 1. The Labute approximate surface area is 149 Å². The Balaban J connectivity index is 0.00000132. The molecule has 1 aliphatic heterocycles. The number of allylic oxidation sites excluding steroid dienone is 1. The predicted molar refractivity (Wildman–Crippen MR) is 99.9 cm³/mol. The SMILES string of the molecule is Cc1ccc2c(ncn2C/C=C/[C@H]2NCCC[C@@H]2O)c1C.Cl.Cl. The van der Waals surface area contributed by atoms with Crippen molar-refractivity contribution in [3.63, 3.8) is 0 Å². The number of benzene rings is 1. The second-order valence-electron chi connectivity index (χ2n) is 5.89. The molecular weight excluding hydrogens is 333 g/mol. The molecule has 6 heteroatoms. The number of hydrogen-bond acceptors (Lipinski definition) is 3. The molecule has 2 aromatic rings. The smallest absolute Gasteiger partial charge is 0.0961 e. The summed E-state index contributed by atoms with van der Waals surface area (Å²) < 4.78 is 2.15. The van der Waals surface area contributed by atoms with E-state index in [1.54, 1.807) is 0 Å². The van der Waals surface area contributed by atoms with Crippen LogP contribution in [0.4, 0.5) is 0 Å². The average Bonchev–Trinajstić information content (AvgIpc) is 2.89. The summed E-state index contributed by atoms with van der Waals surface area (Å²) in [6.07, 6.45) is 7.76. The molecule has 4 nitrogen and oxygen atoms in total. The zero-order chi connectivity index (χ0) is 14.8. The van der Waals surface area contributed by atoms with Gasteiger partial charge in [0, 0.05) is 6.54 Å². The highest BCUT2D eigenvalue weighted by Crippen LogP contribution is 2.20. The highest BCUT2D eigenvalue weighted by molar-refractivity contribution is 5.85. The summed E-state index contributed by atoms with van der Waals surface area (Å²) in [5.74, 6) is 0. The van der Waals surface area contributed by atoms with Crippen molar-refractivity contribution < 1.29 is 5.11 Å². The van der Waals surface area contributed by atoms with E-state index in [-0.39, 0.29) is 37.0 Å².